The number of benzene rings is 1. The van der Waals surface area contributed by atoms with Gasteiger partial charge >= 0.3 is 6.18 Å². The molecule has 0 fully saturated rings. The van der Waals surface area contributed by atoms with Crippen LogP contribution in [0, 0.1) is 0 Å². The van der Waals surface area contributed by atoms with Gasteiger partial charge in [0.2, 0.25) is 0 Å². The molecule has 2 aromatic rings. The van der Waals surface area contributed by atoms with Crippen LogP contribution in [0.2, 0.25) is 0 Å². The van der Waals surface area contributed by atoms with Crippen LogP contribution in [0.4, 0.5) is 13.2 Å². The summed E-state index contributed by atoms with van der Waals surface area (Å²) in [6, 6.07) is 8.62. The lowest BCUT2D eigenvalue weighted by Gasteiger charge is -2.01. The number of carbonyl (C=O) groups is 1. The predicted octanol–water partition coefficient (Wildman–Crippen LogP) is 3.67. The Kier molecular flexibility index (Phi) is 3.99. The first-order valence-corrected chi connectivity index (χ1v) is 6.40. The Hall–Kier alpha value is -1.69. The van der Waals surface area contributed by atoms with E-state index in [9.17, 15) is 18.0 Å². The molecule has 0 aliphatic carbocycles. The minimum absolute atomic E-state index is 0.0108. The third-order valence-electron chi connectivity index (χ3n) is 2.39. The lowest BCUT2D eigenvalue weighted by atomic mass is 10.1. The molecule has 0 N–H and O–H groups in total. The molecule has 1 aromatic carbocycles. The maximum atomic E-state index is 12.2. The lowest BCUT2D eigenvalue weighted by molar-refractivity contribution is -0.127. The second-order valence-corrected chi connectivity index (χ2v) is 4.93. The molecular weight excluding hydrogens is 275 g/mol. The van der Waals surface area contributed by atoms with Gasteiger partial charge in [-0.25, -0.2) is 4.98 Å². The van der Waals surface area contributed by atoms with E-state index in [-0.39, 0.29) is 17.2 Å². The summed E-state index contributed by atoms with van der Waals surface area (Å²) in [7, 11) is 0. The summed E-state index contributed by atoms with van der Waals surface area (Å²) in [5.41, 5.74) is 0.922. The lowest BCUT2D eigenvalue weighted by Crippen LogP contribution is -2.11. The zero-order chi connectivity index (χ0) is 13.9. The van der Waals surface area contributed by atoms with Crippen molar-refractivity contribution in [3.05, 3.63) is 52.0 Å². The molecule has 0 unspecified atom stereocenters. The van der Waals surface area contributed by atoms with Crippen LogP contribution in [-0.4, -0.2) is 16.9 Å². The quantitative estimate of drug-likeness (QED) is 0.802. The first-order chi connectivity index (χ1) is 8.94. The normalized spacial score (nSPS) is 11.5. The molecule has 0 atom stereocenters. The maximum Gasteiger partial charge on any atom is 0.395 e. The molecule has 0 aliphatic heterocycles. The van der Waals surface area contributed by atoms with Gasteiger partial charge in [-0.3, -0.25) is 4.79 Å². The minimum atomic E-state index is -4.27. The van der Waals surface area contributed by atoms with Gasteiger partial charge in [0.05, 0.1) is 18.5 Å². The molecule has 0 bridgehead atoms. The Morgan fingerprint density at radius 3 is 2.53 bits per heavy atom. The number of nitrogens with zero attached hydrogens (tertiary/aromatic N) is 1. The second-order valence-electron chi connectivity index (χ2n) is 3.99. The zero-order valence-electron chi connectivity index (χ0n) is 9.78. The number of halogens is 3. The van der Waals surface area contributed by atoms with Gasteiger partial charge < -0.3 is 0 Å². The van der Waals surface area contributed by atoms with Crippen LogP contribution < -0.4 is 0 Å². The third-order valence-corrected chi connectivity index (χ3v) is 3.29. The molecule has 2 rings (SSSR count). The highest BCUT2D eigenvalue weighted by molar-refractivity contribution is 7.09. The van der Waals surface area contributed by atoms with E-state index in [2.05, 4.69) is 4.98 Å². The summed E-state index contributed by atoms with van der Waals surface area (Å²) < 4.78 is 36.5. The summed E-state index contributed by atoms with van der Waals surface area (Å²) >= 11 is 0.930. The van der Waals surface area contributed by atoms with E-state index in [1.165, 1.54) is 5.38 Å². The standard InChI is InChI=1S/C13H10F3NOS/c14-13(15,16)7-12-17-10(8-19-12)6-11(18)9-4-2-1-3-5-9/h1-5,8H,6-7H2. The van der Waals surface area contributed by atoms with Gasteiger partial charge in [0.15, 0.2) is 5.78 Å². The Morgan fingerprint density at radius 2 is 1.89 bits per heavy atom. The Labute approximate surface area is 111 Å². The predicted molar refractivity (Wildman–Crippen MR) is 66.3 cm³/mol. The summed E-state index contributed by atoms with van der Waals surface area (Å²) in [4.78, 5) is 15.7. The van der Waals surface area contributed by atoms with Gasteiger partial charge in [-0.1, -0.05) is 30.3 Å². The number of alkyl halides is 3. The van der Waals surface area contributed by atoms with Crippen molar-refractivity contribution in [1.29, 1.82) is 0 Å². The Balaban J connectivity index is 2.03. The van der Waals surface area contributed by atoms with E-state index >= 15 is 0 Å². The SMILES string of the molecule is O=C(Cc1csc(CC(F)(F)F)n1)c1ccccc1. The topological polar surface area (TPSA) is 30.0 Å². The van der Waals surface area contributed by atoms with Crippen molar-refractivity contribution >= 4 is 17.1 Å². The number of hydrogen-bond donors (Lipinski definition) is 0. The summed E-state index contributed by atoms with van der Waals surface area (Å²) in [6.07, 6.45) is -5.28. The van der Waals surface area contributed by atoms with Crippen molar-refractivity contribution in [3.8, 4) is 0 Å². The van der Waals surface area contributed by atoms with Crippen molar-refractivity contribution in [1.82, 2.24) is 4.98 Å². The highest BCUT2D eigenvalue weighted by Gasteiger charge is 2.29. The van der Waals surface area contributed by atoms with Gasteiger partial charge in [-0.2, -0.15) is 13.2 Å². The zero-order valence-corrected chi connectivity index (χ0v) is 10.6. The van der Waals surface area contributed by atoms with E-state index in [0.29, 0.717) is 11.3 Å². The fourth-order valence-corrected chi connectivity index (χ4v) is 2.40. The summed E-state index contributed by atoms with van der Waals surface area (Å²) in [5.74, 6) is -0.149. The van der Waals surface area contributed by atoms with Crippen LogP contribution in [-0.2, 0) is 12.8 Å². The van der Waals surface area contributed by atoms with Crippen LogP contribution in [0.1, 0.15) is 21.1 Å². The molecule has 2 nitrogen and oxygen atoms in total. The summed E-state index contributed by atoms with van der Waals surface area (Å²) in [5, 5.41) is 1.49. The number of hydrogen-bond acceptors (Lipinski definition) is 3. The van der Waals surface area contributed by atoms with Crippen LogP contribution >= 0.6 is 11.3 Å². The fraction of sp³-hybridized carbons (Fsp3) is 0.231. The van der Waals surface area contributed by atoms with E-state index < -0.39 is 12.6 Å². The molecular formula is C13H10F3NOS. The van der Waals surface area contributed by atoms with Gasteiger partial charge in [0.1, 0.15) is 5.01 Å². The van der Waals surface area contributed by atoms with Crippen molar-refractivity contribution in [2.75, 3.05) is 0 Å². The number of carbonyl (C=O) groups excluding carboxylic acids is 1. The molecule has 1 heterocycles. The highest BCUT2D eigenvalue weighted by Crippen LogP contribution is 2.23. The van der Waals surface area contributed by atoms with Gasteiger partial charge in [0, 0.05) is 10.9 Å². The molecule has 0 spiro atoms. The Bertz CT molecular complexity index is 563. The third kappa shape index (κ3) is 4.17. The molecule has 0 aliphatic rings. The van der Waals surface area contributed by atoms with Gasteiger partial charge in [-0.05, 0) is 0 Å². The second kappa shape index (κ2) is 5.52. The average molecular weight is 285 g/mol. The van der Waals surface area contributed by atoms with Crippen LogP contribution in [0.5, 0.6) is 0 Å². The molecule has 0 amide bonds. The van der Waals surface area contributed by atoms with Crippen molar-refractivity contribution < 1.29 is 18.0 Å². The van der Waals surface area contributed by atoms with E-state index in [0.717, 1.165) is 11.3 Å². The van der Waals surface area contributed by atoms with Gasteiger partial charge in [0.25, 0.3) is 0 Å². The summed E-state index contributed by atoms with van der Waals surface area (Å²) in [6.45, 7) is 0. The number of Topliss-reactive ketones (excluding diaryl/α,β-unsaturated/α-hetero) is 1. The van der Waals surface area contributed by atoms with Crippen LogP contribution in [0.15, 0.2) is 35.7 Å². The largest absolute Gasteiger partial charge is 0.395 e. The molecule has 6 heteroatoms. The van der Waals surface area contributed by atoms with E-state index in [4.69, 9.17) is 0 Å². The van der Waals surface area contributed by atoms with Crippen molar-refractivity contribution in [2.24, 2.45) is 0 Å². The van der Waals surface area contributed by atoms with Crippen LogP contribution in [0.3, 0.4) is 0 Å². The minimum Gasteiger partial charge on any atom is -0.294 e. The molecule has 0 saturated carbocycles. The number of thiazole rings is 1. The number of aromatic nitrogens is 1. The molecule has 0 radical (unpaired) electrons. The Morgan fingerprint density at radius 1 is 1.21 bits per heavy atom. The van der Waals surface area contributed by atoms with E-state index in [1.54, 1.807) is 30.3 Å². The first-order valence-electron chi connectivity index (χ1n) is 5.52. The van der Waals surface area contributed by atoms with Crippen molar-refractivity contribution in [3.63, 3.8) is 0 Å². The molecule has 0 saturated heterocycles. The average Bonchev–Trinajstić information content (AvgIpc) is 2.75. The van der Waals surface area contributed by atoms with Gasteiger partial charge in [-0.15, -0.1) is 11.3 Å². The monoisotopic (exact) mass is 285 g/mol. The molecule has 19 heavy (non-hydrogen) atoms. The maximum absolute atomic E-state index is 12.2. The first kappa shape index (κ1) is 13.7. The molecule has 1 aromatic heterocycles. The number of rotatable bonds is 4. The molecule has 100 valence electrons. The fourth-order valence-electron chi connectivity index (χ4n) is 1.57. The number of ketones is 1. The smallest absolute Gasteiger partial charge is 0.294 e. The highest BCUT2D eigenvalue weighted by atomic mass is 32.1. The van der Waals surface area contributed by atoms with Crippen LogP contribution in [0.25, 0.3) is 0 Å². The van der Waals surface area contributed by atoms with Crippen molar-refractivity contribution in [2.45, 2.75) is 19.0 Å². The van der Waals surface area contributed by atoms with E-state index in [1.807, 2.05) is 0 Å².